The van der Waals surface area contributed by atoms with Crippen LogP contribution in [0.25, 0.3) is 0 Å². The molecule has 0 aliphatic rings. The molecular weight excluding hydrogens is 520 g/mol. The maximum Gasteiger partial charge on any atom is 0.160 e. The monoisotopic (exact) mass is 570 g/mol. The molecule has 0 aromatic heterocycles. The number of phenolic OH excluding ortho intramolecular Hbond substituents is 1. The number of aryl methyl sites for hydroxylation is 1. The first-order valence-corrected chi connectivity index (χ1v) is 14.8. The summed E-state index contributed by atoms with van der Waals surface area (Å²) >= 11 is 0. The Morgan fingerprint density at radius 2 is 1.69 bits per heavy atom. The van der Waals surface area contributed by atoms with Crippen LogP contribution in [-0.2, 0) is 17.8 Å². The van der Waals surface area contributed by atoms with E-state index in [1.54, 1.807) is 12.1 Å². The van der Waals surface area contributed by atoms with Crippen LogP contribution in [0.1, 0.15) is 55.4 Å². The molecule has 0 heterocycles. The van der Waals surface area contributed by atoms with Crippen LogP contribution in [0.4, 0.5) is 0 Å². The Labute approximate surface area is 254 Å². The smallest absolute Gasteiger partial charge is 0.160 e. The minimum Gasteiger partial charge on any atom is -0.504 e. The fourth-order valence-corrected chi connectivity index (χ4v) is 4.53. The van der Waals surface area contributed by atoms with Crippen molar-refractivity contribution in [3.8, 4) is 11.5 Å². The maximum atomic E-state index is 10.7. The average Bonchev–Trinajstić information content (AvgIpc) is 3.02. The molecule has 42 heavy (non-hydrogen) atoms. The Bertz CT molecular complexity index is 1220. The van der Waals surface area contributed by atoms with Crippen LogP contribution in [0.5, 0.6) is 11.5 Å². The van der Waals surface area contributed by atoms with E-state index in [1.165, 1.54) is 29.3 Å². The highest BCUT2D eigenvalue weighted by Gasteiger charge is 2.19. The number of carbonyl (C=O) groups excluding carboxylic acids is 1. The van der Waals surface area contributed by atoms with E-state index < -0.39 is 0 Å². The quantitative estimate of drug-likeness (QED) is 0.111. The number of aromatic hydroxyl groups is 1. The van der Waals surface area contributed by atoms with Gasteiger partial charge in [0.15, 0.2) is 11.5 Å². The zero-order valence-electron chi connectivity index (χ0n) is 26.1. The van der Waals surface area contributed by atoms with Crippen LogP contribution >= 0.6 is 0 Å². The standard InChI is InChI=1S/C34H39NO3.C2H6.CH5N/c1-4-10-30(11-5-2)32(31-12-7-6-8-13-31)26-35(25-29-16-14-27(3)15-17-29)21-9-23-38-34-19-18-28(20-22-36)24-33(34)37;2*1-2/h4-8,10-19,22,24,32,37H,1,9,20-21,23,25-26H2,2-3H3;1-2H3;2H2,1H3/b11-5-,30-10+;;. The number of hydrogen-bond acceptors (Lipinski definition) is 5. The van der Waals surface area contributed by atoms with Crippen molar-refractivity contribution in [2.45, 2.75) is 53.0 Å². The second kappa shape index (κ2) is 21.8. The number of nitrogens with zero attached hydrogens (tertiary/aromatic N) is 1. The molecule has 3 rings (SSSR count). The van der Waals surface area contributed by atoms with Gasteiger partial charge < -0.3 is 20.4 Å². The summed E-state index contributed by atoms with van der Waals surface area (Å²) in [6, 6.07) is 24.5. The Hall–Kier alpha value is -3.93. The number of aldehydes is 1. The summed E-state index contributed by atoms with van der Waals surface area (Å²) < 4.78 is 5.90. The molecule has 1 atom stereocenters. The molecule has 0 bridgehead atoms. The number of rotatable bonds is 15. The molecule has 226 valence electrons. The highest BCUT2D eigenvalue weighted by atomic mass is 16.5. The van der Waals surface area contributed by atoms with Gasteiger partial charge in [-0.2, -0.15) is 0 Å². The van der Waals surface area contributed by atoms with Crippen LogP contribution < -0.4 is 10.5 Å². The van der Waals surface area contributed by atoms with E-state index in [4.69, 9.17) is 4.74 Å². The van der Waals surface area contributed by atoms with Gasteiger partial charge in [-0.25, -0.2) is 0 Å². The van der Waals surface area contributed by atoms with E-state index in [-0.39, 0.29) is 18.1 Å². The van der Waals surface area contributed by atoms with Gasteiger partial charge in [-0.05, 0) is 61.7 Å². The predicted octanol–water partition coefficient (Wildman–Crippen LogP) is 7.79. The van der Waals surface area contributed by atoms with Gasteiger partial charge in [-0.15, -0.1) is 0 Å². The number of phenols is 1. The summed E-state index contributed by atoms with van der Waals surface area (Å²) in [4.78, 5) is 13.2. The lowest BCUT2D eigenvalue weighted by atomic mass is 9.89. The molecule has 0 saturated carbocycles. The Morgan fingerprint density at radius 3 is 2.29 bits per heavy atom. The fraction of sp³-hybridized carbons (Fsp3) is 0.324. The molecule has 0 fully saturated rings. The third-order valence-corrected chi connectivity index (χ3v) is 6.46. The third-order valence-electron chi connectivity index (χ3n) is 6.46. The van der Waals surface area contributed by atoms with Crippen molar-refractivity contribution in [2.24, 2.45) is 5.73 Å². The third kappa shape index (κ3) is 12.7. The van der Waals surface area contributed by atoms with Crippen LogP contribution in [0.15, 0.2) is 109 Å². The summed E-state index contributed by atoms with van der Waals surface area (Å²) in [6.45, 7) is 15.1. The number of ether oxygens (including phenoxy) is 1. The van der Waals surface area contributed by atoms with Crippen molar-refractivity contribution in [3.63, 3.8) is 0 Å². The van der Waals surface area contributed by atoms with E-state index in [0.29, 0.717) is 12.4 Å². The molecule has 1 unspecified atom stereocenters. The summed E-state index contributed by atoms with van der Waals surface area (Å²) in [5.41, 5.74) is 10.3. The second-order valence-electron chi connectivity index (χ2n) is 9.46. The van der Waals surface area contributed by atoms with Crippen molar-refractivity contribution >= 4 is 6.29 Å². The highest BCUT2D eigenvalue weighted by molar-refractivity contribution is 5.56. The SMILES string of the molecule is C=C/C=C(\C=C/C)C(CN(CCCOc1ccc(CC=O)cc1O)Cc1ccc(C)cc1)c1ccccc1.CC.CN. The Morgan fingerprint density at radius 1 is 1.02 bits per heavy atom. The van der Waals surface area contributed by atoms with Crippen LogP contribution in [0.2, 0.25) is 0 Å². The fourth-order valence-electron chi connectivity index (χ4n) is 4.53. The van der Waals surface area contributed by atoms with Gasteiger partial charge in [-0.1, -0.05) is 111 Å². The van der Waals surface area contributed by atoms with Crippen molar-refractivity contribution in [1.82, 2.24) is 4.90 Å². The summed E-state index contributed by atoms with van der Waals surface area (Å²) in [6.07, 6.45) is 10.1. The van der Waals surface area contributed by atoms with Crippen LogP contribution in [0.3, 0.4) is 0 Å². The van der Waals surface area contributed by atoms with E-state index in [9.17, 15) is 9.90 Å². The number of carbonyl (C=O) groups is 1. The highest BCUT2D eigenvalue weighted by Crippen LogP contribution is 2.29. The Balaban J connectivity index is 0.00000211. The number of hydrogen-bond donors (Lipinski definition) is 2. The largest absolute Gasteiger partial charge is 0.504 e. The molecular formula is C37H50N2O3. The first kappa shape index (κ1) is 36.1. The molecule has 3 N–H and O–H groups in total. The molecule has 0 saturated heterocycles. The van der Waals surface area contributed by atoms with Gasteiger partial charge in [0, 0.05) is 32.0 Å². The summed E-state index contributed by atoms with van der Waals surface area (Å²) in [7, 11) is 1.50. The molecule has 3 aromatic carbocycles. The van der Waals surface area contributed by atoms with Crippen molar-refractivity contribution < 1.29 is 14.6 Å². The lowest BCUT2D eigenvalue weighted by Gasteiger charge is -2.29. The van der Waals surface area contributed by atoms with Gasteiger partial charge in [0.2, 0.25) is 0 Å². The van der Waals surface area contributed by atoms with E-state index in [2.05, 4.69) is 97.0 Å². The van der Waals surface area contributed by atoms with E-state index in [1.807, 2.05) is 32.9 Å². The molecule has 3 aromatic rings. The zero-order chi connectivity index (χ0) is 31.2. The molecule has 0 spiro atoms. The van der Waals surface area contributed by atoms with Gasteiger partial charge in [-0.3, -0.25) is 4.90 Å². The lowest BCUT2D eigenvalue weighted by Crippen LogP contribution is -2.31. The number of nitrogens with two attached hydrogens (primary N) is 1. The van der Waals surface area contributed by atoms with Gasteiger partial charge in [0.25, 0.3) is 0 Å². The summed E-state index contributed by atoms with van der Waals surface area (Å²) in [5, 5.41) is 10.3. The molecule has 0 aliphatic heterocycles. The number of benzene rings is 3. The van der Waals surface area contributed by atoms with E-state index in [0.717, 1.165) is 37.9 Å². The molecule has 5 nitrogen and oxygen atoms in total. The first-order chi connectivity index (χ1) is 20.5. The normalized spacial score (nSPS) is 11.6. The minimum absolute atomic E-state index is 0.0653. The second-order valence-corrected chi connectivity index (χ2v) is 9.46. The minimum atomic E-state index is 0.0653. The molecule has 0 radical (unpaired) electrons. The van der Waals surface area contributed by atoms with Gasteiger partial charge in [0.05, 0.1) is 6.61 Å². The van der Waals surface area contributed by atoms with Gasteiger partial charge in [0.1, 0.15) is 6.29 Å². The van der Waals surface area contributed by atoms with E-state index >= 15 is 0 Å². The lowest BCUT2D eigenvalue weighted by molar-refractivity contribution is -0.107. The number of allylic oxidation sites excluding steroid dienone is 4. The van der Waals surface area contributed by atoms with Crippen molar-refractivity contribution in [3.05, 3.63) is 132 Å². The molecule has 0 aliphatic carbocycles. The predicted molar refractivity (Wildman–Crippen MR) is 178 cm³/mol. The Kier molecular flexibility index (Phi) is 18.7. The topological polar surface area (TPSA) is 75.8 Å². The zero-order valence-corrected chi connectivity index (χ0v) is 26.1. The summed E-state index contributed by atoms with van der Waals surface area (Å²) in [5.74, 6) is 0.693. The van der Waals surface area contributed by atoms with Crippen LogP contribution in [-0.4, -0.2) is 43.0 Å². The van der Waals surface area contributed by atoms with Gasteiger partial charge >= 0.3 is 0 Å². The van der Waals surface area contributed by atoms with Crippen LogP contribution in [0, 0.1) is 6.92 Å². The van der Waals surface area contributed by atoms with Crippen molar-refractivity contribution in [2.75, 3.05) is 26.7 Å². The maximum absolute atomic E-state index is 10.7. The average molecular weight is 571 g/mol. The molecule has 0 amide bonds. The van der Waals surface area contributed by atoms with Crippen molar-refractivity contribution in [1.29, 1.82) is 0 Å². The first-order valence-electron chi connectivity index (χ1n) is 14.8. The molecule has 5 heteroatoms.